The second kappa shape index (κ2) is 8.60. The maximum atomic E-state index is 12.4. The summed E-state index contributed by atoms with van der Waals surface area (Å²) in [5.41, 5.74) is 2.73. The molecular weight excluding hydrogens is 366 g/mol. The van der Waals surface area contributed by atoms with Crippen molar-refractivity contribution < 1.29 is 4.79 Å². The summed E-state index contributed by atoms with van der Waals surface area (Å²) in [4.78, 5) is 13.3. The summed E-state index contributed by atoms with van der Waals surface area (Å²) in [6.45, 7) is 4.81. The standard InChI is InChI=1S/C18H21N5OS2/c1-12-8-14(26-11-19)9-13(2)17(12)20-16(24)10-25-18-22-21-15-6-4-3-5-7-23(15)18/h8-9H,3-7,10H2,1-2H3,(H,20,24). The van der Waals surface area contributed by atoms with Gasteiger partial charge in [0.25, 0.3) is 0 Å². The van der Waals surface area contributed by atoms with Crippen molar-refractivity contribution in [2.75, 3.05) is 11.1 Å². The largest absolute Gasteiger partial charge is 0.325 e. The number of nitriles is 1. The molecule has 0 bridgehead atoms. The molecule has 0 radical (unpaired) electrons. The average molecular weight is 388 g/mol. The predicted molar refractivity (Wildman–Crippen MR) is 104 cm³/mol. The molecular formula is C18H21N5OS2. The number of hydrogen-bond acceptors (Lipinski definition) is 6. The molecule has 2 heterocycles. The minimum atomic E-state index is -0.0622. The number of anilines is 1. The van der Waals surface area contributed by atoms with E-state index in [1.54, 1.807) is 0 Å². The van der Waals surface area contributed by atoms with E-state index in [4.69, 9.17) is 5.26 Å². The first-order valence-corrected chi connectivity index (χ1v) is 10.4. The first-order chi connectivity index (χ1) is 12.6. The van der Waals surface area contributed by atoms with Gasteiger partial charge in [-0.3, -0.25) is 4.79 Å². The molecule has 0 saturated carbocycles. The highest BCUT2D eigenvalue weighted by molar-refractivity contribution is 8.03. The Hall–Kier alpha value is -1.98. The zero-order chi connectivity index (χ0) is 18.5. The summed E-state index contributed by atoms with van der Waals surface area (Å²) in [5, 5.41) is 23.2. The van der Waals surface area contributed by atoms with Crippen LogP contribution in [0.4, 0.5) is 5.69 Å². The van der Waals surface area contributed by atoms with Crippen molar-refractivity contribution in [1.82, 2.24) is 14.8 Å². The molecule has 2 aromatic rings. The maximum absolute atomic E-state index is 12.4. The number of aryl methyl sites for hydroxylation is 3. The van der Waals surface area contributed by atoms with E-state index >= 15 is 0 Å². The number of amides is 1. The SMILES string of the molecule is Cc1cc(SC#N)cc(C)c1NC(=O)CSc1nnc2n1CCCCC2. The van der Waals surface area contributed by atoms with E-state index in [2.05, 4.69) is 25.5 Å². The Labute approximate surface area is 161 Å². The van der Waals surface area contributed by atoms with Crippen LogP contribution < -0.4 is 5.32 Å². The quantitative estimate of drug-likeness (QED) is 0.618. The minimum Gasteiger partial charge on any atom is -0.325 e. The summed E-state index contributed by atoms with van der Waals surface area (Å²) in [7, 11) is 0. The van der Waals surface area contributed by atoms with Crippen LogP contribution in [-0.2, 0) is 17.8 Å². The van der Waals surface area contributed by atoms with Crippen molar-refractivity contribution in [3.05, 3.63) is 29.1 Å². The highest BCUT2D eigenvalue weighted by atomic mass is 32.2. The molecule has 0 saturated heterocycles. The lowest BCUT2D eigenvalue weighted by molar-refractivity contribution is -0.113. The van der Waals surface area contributed by atoms with Gasteiger partial charge in [0.1, 0.15) is 11.2 Å². The third-order valence-corrected chi connectivity index (χ3v) is 5.87. The third kappa shape index (κ3) is 4.40. The fraction of sp³-hybridized carbons (Fsp3) is 0.444. The van der Waals surface area contributed by atoms with E-state index in [1.807, 2.05) is 26.0 Å². The molecule has 0 spiro atoms. The molecule has 1 aliphatic heterocycles. The van der Waals surface area contributed by atoms with E-state index < -0.39 is 0 Å². The van der Waals surface area contributed by atoms with Crippen LogP contribution in [0.2, 0.25) is 0 Å². The number of thioether (sulfide) groups is 2. The molecule has 0 unspecified atom stereocenters. The van der Waals surface area contributed by atoms with Gasteiger partial charge in [-0.1, -0.05) is 18.2 Å². The van der Waals surface area contributed by atoms with E-state index in [9.17, 15) is 4.79 Å². The number of thiocyanates is 1. The van der Waals surface area contributed by atoms with Crippen molar-refractivity contribution in [2.45, 2.75) is 56.1 Å². The Bertz CT molecular complexity index is 833. The first-order valence-electron chi connectivity index (χ1n) is 8.60. The fourth-order valence-electron chi connectivity index (χ4n) is 3.10. The third-order valence-electron chi connectivity index (χ3n) is 4.34. The molecule has 0 aliphatic carbocycles. The van der Waals surface area contributed by atoms with Crippen LogP contribution in [0.15, 0.2) is 22.2 Å². The Kier molecular flexibility index (Phi) is 6.22. The van der Waals surface area contributed by atoms with Gasteiger partial charge in [0.2, 0.25) is 5.91 Å². The van der Waals surface area contributed by atoms with Crippen LogP contribution in [-0.4, -0.2) is 26.4 Å². The Morgan fingerprint density at radius 1 is 1.27 bits per heavy atom. The number of fused-ring (bicyclic) bond motifs is 1. The summed E-state index contributed by atoms with van der Waals surface area (Å²) < 4.78 is 2.15. The van der Waals surface area contributed by atoms with Crippen LogP contribution in [0.3, 0.4) is 0 Å². The number of benzene rings is 1. The predicted octanol–water partition coefficient (Wildman–Crippen LogP) is 3.93. The number of nitrogens with one attached hydrogen (secondary N) is 1. The van der Waals surface area contributed by atoms with Gasteiger partial charge in [0.05, 0.1) is 5.75 Å². The van der Waals surface area contributed by atoms with Crippen molar-refractivity contribution in [2.24, 2.45) is 0 Å². The van der Waals surface area contributed by atoms with Crippen molar-refractivity contribution in [3.8, 4) is 5.40 Å². The van der Waals surface area contributed by atoms with Gasteiger partial charge in [-0.2, -0.15) is 5.26 Å². The number of carbonyl (C=O) groups excluding carboxylic acids is 1. The smallest absolute Gasteiger partial charge is 0.234 e. The molecule has 6 nitrogen and oxygen atoms in total. The van der Waals surface area contributed by atoms with Gasteiger partial charge in [-0.05, 0) is 61.7 Å². The molecule has 8 heteroatoms. The molecule has 1 aromatic carbocycles. The van der Waals surface area contributed by atoms with Gasteiger partial charge in [-0.15, -0.1) is 10.2 Å². The monoisotopic (exact) mass is 387 g/mol. The summed E-state index contributed by atoms with van der Waals surface area (Å²) in [6, 6.07) is 3.84. The summed E-state index contributed by atoms with van der Waals surface area (Å²) >= 11 is 2.56. The lowest BCUT2D eigenvalue weighted by atomic mass is 10.1. The zero-order valence-electron chi connectivity index (χ0n) is 14.9. The minimum absolute atomic E-state index is 0.0622. The molecule has 1 aromatic heterocycles. The highest BCUT2D eigenvalue weighted by Gasteiger charge is 2.17. The number of hydrogen-bond donors (Lipinski definition) is 1. The maximum Gasteiger partial charge on any atom is 0.234 e. The molecule has 136 valence electrons. The highest BCUT2D eigenvalue weighted by Crippen LogP contribution is 2.28. The van der Waals surface area contributed by atoms with Crippen molar-refractivity contribution in [3.63, 3.8) is 0 Å². The lowest BCUT2D eigenvalue weighted by Crippen LogP contribution is -2.16. The molecule has 1 aliphatic rings. The van der Waals surface area contributed by atoms with Crippen LogP contribution in [0.25, 0.3) is 0 Å². The molecule has 26 heavy (non-hydrogen) atoms. The van der Waals surface area contributed by atoms with Gasteiger partial charge < -0.3 is 9.88 Å². The van der Waals surface area contributed by atoms with Crippen LogP contribution in [0, 0.1) is 24.5 Å². The Morgan fingerprint density at radius 2 is 2.04 bits per heavy atom. The second-order valence-electron chi connectivity index (χ2n) is 6.32. The molecule has 3 rings (SSSR count). The van der Waals surface area contributed by atoms with Crippen LogP contribution >= 0.6 is 23.5 Å². The first kappa shape index (κ1) is 18.8. The van der Waals surface area contributed by atoms with Crippen LogP contribution in [0.1, 0.15) is 36.2 Å². The number of nitrogens with zero attached hydrogens (tertiary/aromatic N) is 4. The normalized spacial score (nSPS) is 13.6. The number of carbonyl (C=O) groups is 1. The van der Waals surface area contributed by atoms with Gasteiger partial charge >= 0.3 is 0 Å². The second-order valence-corrected chi connectivity index (χ2v) is 8.12. The number of rotatable bonds is 5. The van der Waals surface area contributed by atoms with Gasteiger partial charge in [-0.25, -0.2) is 0 Å². The molecule has 0 fully saturated rings. The topological polar surface area (TPSA) is 83.6 Å². The van der Waals surface area contributed by atoms with Crippen LogP contribution in [0.5, 0.6) is 0 Å². The molecule has 1 amide bonds. The summed E-state index contributed by atoms with van der Waals surface area (Å²) in [5.74, 6) is 1.27. The van der Waals surface area contributed by atoms with Crippen molar-refractivity contribution in [1.29, 1.82) is 5.26 Å². The van der Waals surface area contributed by atoms with E-state index in [0.29, 0.717) is 5.75 Å². The van der Waals surface area contributed by atoms with Gasteiger partial charge in [0.15, 0.2) is 5.16 Å². The Morgan fingerprint density at radius 3 is 2.77 bits per heavy atom. The summed E-state index contributed by atoms with van der Waals surface area (Å²) in [6.07, 6.45) is 4.47. The van der Waals surface area contributed by atoms with E-state index in [1.165, 1.54) is 18.2 Å². The van der Waals surface area contributed by atoms with E-state index in [-0.39, 0.29) is 5.91 Å². The van der Waals surface area contributed by atoms with Gasteiger partial charge in [0, 0.05) is 23.5 Å². The van der Waals surface area contributed by atoms with Crippen molar-refractivity contribution >= 4 is 35.1 Å². The number of aromatic nitrogens is 3. The zero-order valence-corrected chi connectivity index (χ0v) is 16.5. The van der Waals surface area contributed by atoms with E-state index in [0.717, 1.165) is 70.3 Å². The molecule has 0 atom stereocenters. The molecule has 1 N–H and O–H groups in total. The lowest BCUT2D eigenvalue weighted by Gasteiger charge is -2.13. The average Bonchev–Trinajstić information content (AvgIpc) is 2.83. The Balaban J connectivity index is 1.63. The fourth-order valence-corrected chi connectivity index (χ4v) is 4.46.